The summed E-state index contributed by atoms with van der Waals surface area (Å²) >= 11 is 0. The molecule has 0 aromatic heterocycles. The van der Waals surface area contributed by atoms with Gasteiger partial charge >= 0.3 is 5.97 Å². The first-order valence-corrected chi connectivity index (χ1v) is 8.37. The molecule has 1 atom stereocenters. The topological polar surface area (TPSA) is 95.9 Å². The Morgan fingerprint density at radius 1 is 1.07 bits per heavy atom. The first kappa shape index (κ1) is 20.0. The molecular formula is C20H22N2O5. The van der Waals surface area contributed by atoms with Crippen molar-refractivity contribution in [1.29, 1.82) is 0 Å². The van der Waals surface area contributed by atoms with E-state index in [1.807, 2.05) is 30.3 Å². The van der Waals surface area contributed by atoms with E-state index >= 15 is 0 Å². The van der Waals surface area contributed by atoms with Crippen molar-refractivity contribution < 1.29 is 24.2 Å². The summed E-state index contributed by atoms with van der Waals surface area (Å²) in [5.41, 5.74) is 1.21. The number of rotatable bonds is 8. The molecule has 0 aliphatic carbocycles. The Hall–Kier alpha value is -3.35. The number of carbonyl (C=O) groups is 3. The molecule has 7 heteroatoms. The molecule has 0 radical (unpaired) electrons. The molecule has 2 aromatic carbocycles. The number of carboxylic acids is 1. The highest BCUT2D eigenvalue weighted by molar-refractivity contribution is 5.97. The summed E-state index contributed by atoms with van der Waals surface area (Å²) in [5, 5.41) is 11.4. The second kappa shape index (κ2) is 9.38. The van der Waals surface area contributed by atoms with Gasteiger partial charge in [0.1, 0.15) is 11.8 Å². The monoisotopic (exact) mass is 370 g/mol. The molecule has 1 unspecified atom stereocenters. The third kappa shape index (κ3) is 6.14. The van der Waals surface area contributed by atoms with Crippen molar-refractivity contribution in [3.8, 4) is 5.75 Å². The number of nitrogens with zero attached hydrogens (tertiary/aromatic N) is 1. The van der Waals surface area contributed by atoms with Gasteiger partial charge in [0.05, 0.1) is 0 Å². The second-order valence-electron chi connectivity index (χ2n) is 6.16. The smallest absolute Gasteiger partial charge is 0.341 e. The van der Waals surface area contributed by atoms with Crippen molar-refractivity contribution in [2.24, 2.45) is 0 Å². The molecule has 0 saturated carbocycles. The van der Waals surface area contributed by atoms with Gasteiger partial charge < -0.3 is 20.1 Å². The minimum atomic E-state index is -1.11. The fourth-order valence-electron chi connectivity index (χ4n) is 2.48. The number of carboxylic acid groups (broad SMARTS) is 1. The fraction of sp³-hybridized carbons (Fsp3) is 0.250. The van der Waals surface area contributed by atoms with E-state index in [9.17, 15) is 14.4 Å². The van der Waals surface area contributed by atoms with Gasteiger partial charge in [-0.2, -0.15) is 0 Å². The Bertz CT molecular complexity index is 805. The summed E-state index contributed by atoms with van der Waals surface area (Å²) in [6, 6.07) is 14.9. The number of benzene rings is 2. The van der Waals surface area contributed by atoms with E-state index < -0.39 is 24.5 Å². The predicted octanol–water partition coefficient (Wildman–Crippen LogP) is 1.58. The molecule has 142 valence electrons. The van der Waals surface area contributed by atoms with Crippen molar-refractivity contribution in [2.45, 2.75) is 12.5 Å². The SMILES string of the molecule is CN(C)C(=O)C(Cc1ccccc1)NC(=O)c1cccc(OCC(=O)O)c1. The van der Waals surface area contributed by atoms with Crippen molar-refractivity contribution in [3.05, 3.63) is 65.7 Å². The van der Waals surface area contributed by atoms with Crippen LogP contribution in [0.15, 0.2) is 54.6 Å². The minimum Gasteiger partial charge on any atom is -0.482 e. The number of hydrogen-bond acceptors (Lipinski definition) is 4. The summed E-state index contributed by atoms with van der Waals surface area (Å²) < 4.78 is 5.09. The highest BCUT2D eigenvalue weighted by atomic mass is 16.5. The van der Waals surface area contributed by atoms with Crippen LogP contribution in [0.3, 0.4) is 0 Å². The lowest BCUT2D eigenvalue weighted by Gasteiger charge is -2.22. The molecule has 0 heterocycles. The van der Waals surface area contributed by atoms with Gasteiger partial charge in [0.15, 0.2) is 6.61 Å². The van der Waals surface area contributed by atoms with Crippen molar-refractivity contribution in [2.75, 3.05) is 20.7 Å². The molecule has 0 fully saturated rings. The third-order valence-electron chi connectivity index (χ3n) is 3.79. The van der Waals surface area contributed by atoms with Gasteiger partial charge in [-0.1, -0.05) is 36.4 Å². The largest absolute Gasteiger partial charge is 0.482 e. The van der Waals surface area contributed by atoms with Crippen LogP contribution in [0.5, 0.6) is 5.75 Å². The van der Waals surface area contributed by atoms with E-state index in [4.69, 9.17) is 9.84 Å². The average molecular weight is 370 g/mol. The first-order valence-electron chi connectivity index (χ1n) is 8.37. The summed E-state index contributed by atoms with van der Waals surface area (Å²) in [5.74, 6) is -1.50. The number of hydrogen-bond donors (Lipinski definition) is 2. The second-order valence-corrected chi connectivity index (χ2v) is 6.16. The number of carbonyl (C=O) groups excluding carboxylic acids is 2. The molecule has 7 nitrogen and oxygen atoms in total. The Morgan fingerprint density at radius 2 is 1.78 bits per heavy atom. The number of aliphatic carboxylic acids is 1. The van der Waals surface area contributed by atoms with Crippen LogP contribution in [0, 0.1) is 0 Å². The summed E-state index contributed by atoms with van der Waals surface area (Å²) in [6.45, 7) is -0.499. The van der Waals surface area contributed by atoms with Crippen LogP contribution in [0.25, 0.3) is 0 Å². The Kier molecular flexibility index (Phi) is 6.93. The van der Waals surface area contributed by atoms with Crippen LogP contribution in [0.2, 0.25) is 0 Å². The molecular weight excluding hydrogens is 348 g/mol. The van der Waals surface area contributed by atoms with E-state index in [1.165, 1.54) is 11.0 Å². The zero-order chi connectivity index (χ0) is 19.8. The number of ether oxygens (including phenoxy) is 1. The van der Waals surface area contributed by atoms with Gasteiger partial charge in [-0.15, -0.1) is 0 Å². The van der Waals surface area contributed by atoms with Gasteiger partial charge in [0.2, 0.25) is 5.91 Å². The molecule has 0 aliphatic rings. The zero-order valence-corrected chi connectivity index (χ0v) is 15.2. The first-order chi connectivity index (χ1) is 12.9. The standard InChI is InChI=1S/C20H22N2O5/c1-22(2)20(26)17(11-14-7-4-3-5-8-14)21-19(25)15-9-6-10-16(12-15)27-13-18(23)24/h3-10,12,17H,11,13H2,1-2H3,(H,21,25)(H,23,24). The lowest BCUT2D eigenvalue weighted by molar-refractivity contribution is -0.139. The lowest BCUT2D eigenvalue weighted by Crippen LogP contribution is -2.47. The minimum absolute atomic E-state index is 0.217. The van der Waals surface area contributed by atoms with Gasteiger partial charge in [-0.25, -0.2) is 4.79 Å². The average Bonchev–Trinajstić information content (AvgIpc) is 2.66. The van der Waals surface area contributed by atoms with Gasteiger partial charge in [-0.3, -0.25) is 9.59 Å². The Balaban J connectivity index is 2.14. The van der Waals surface area contributed by atoms with Gasteiger partial charge in [-0.05, 0) is 23.8 Å². The van der Waals surface area contributed by atoms with Crippen LogP contribution < -0.4 is 10.1 Å². The highest BCUT2D eigenvalue weighted by Crippen LogP contribution is 2.14. The fourth-order valence-corrected chi connectivity index (χ4v) is 2.48. The van der Waals surface area contributed by atoms with E-state index in [0.717, 1.165) is 5.56 Å². The number of likely N-dealkylation sites (N-methyl/N-ethyl adjacent to an activating group) is 1. The highest BCUT2D eigenvalue weighted by Gasteiger charge is 2.23. The van der Waals surface area contributed by atoms with Crippen LogP contribution in [0.4, 0.5) is 0 Å². The molecule has 0 saturated heterocycles. The van der Waals surface area contributed by atoms with Crippen molar-refractivity contribution >= 4 is 17.8 Å². The summed E-state index contributed by atoms with van der Waals surface area (Å²) in [4.78, 5) is 37.1. The summed E-state index contributed by atoms with van der Waals surface area (Å²) in [6.07, 6.45) is 0.360. The van der Waals surface area contributed by atoms with Crippen molar-refractivity contribution in [3.63, 3.8) is 0 Å². The van der Waals surface area contributed by atoms with Gasteiger partial charge in [0.25, 0.3) is 5.91 Å². The van der Waals surface area contributed by atoms with E-state index in [0.29, 0.717) is 6.42 Å². The molecule has 2 aromatic rings. The van der Waals surface area contributed by atoms with Gasteiger partial charge in [0, 0.05) is 26.1 Å². The third-order valence-corrected chi connectivity index (χ3v) is 3.79. The molecule has 2 N–H and O–H groups in total. The molecule has 0 bridgehead atoms. The Labute approximate surface area is 157 Å². The maximum Gasteiger partial charge on any atom is 0.341 e. The van der Waals surface area contributed by atoms with E-state index in [1.54, 1.807) is 32.3 Å². The van der Waals surface area contributed by atoms with E-state index in [-0.39, 0.29) is 17.2 Å². The number of nitrogens with one attached hydrogen (secondary N) is 1. The van der Waals surface area contributed by atoms with Crippen LogP contribution in [-0.2, 0) is 16.0 Å². The zero-order valence-electron chi connectivity index (χ0n) is 15.2. The molecule has 0 aliphatic heterocycles. The molecule has 2 rings (SSSR count). The maximum atomic E-state index is 12.6. The number of amides is 2. The van der Waals surface area contributed by atoms with E-state index in [2.05, 4.69) is 5.32 Å². The normalized spacial score (nSPS) is 11.3. The lowest BCUT2D eigenvalue weighted by atomic mass is 10.0. The van der Waals surface area contributed by atoms with Crippen LogP contribution in [0.1, 0.15) is 15.9 Å². The van der Waals surface area contributed by atoms with Crippen molar-refractivity contribution in [1.82, 2.24) is 10.2 Å². The molecule has 0 spiro atoms. The van der Waals surface area contributed by atoms with Crippen LogP contribution in [-0.4, -0.2) is 54.5 Å². The summed E-state index contributed by atoms with van der Waals surface area (Å²) in [7, 11) is 3.26. The quantitative estimate of drug-likeness (QED) is 0.736. The molecule has 2 amide bonds. The Morgan fingerprint density at radius 3 is 2.41 bits per heavy atom. The maximum absolute atomic E-state index is 12.6. The molecule has 27 heavy (non-hydrogen) atoms. The predicted molar refractivity (Wildman–Crippen MR) is 99.7 cm³/mol. The van der Waals surface area contributed by atoms with Crippen LogP contribution >= 0.6 is 0 Å².